The highest BCUT2D eigenvalue weighted by atomic mass is 28.3. The molecule has 0 N–H and O–H groups in total. The molecule has 0 fully saturated rings. The maximum atomic E-state index is 2.56. The Bertz CT molecular complexity index is 510. The SMILES string of the molecule is CCCCCCC/C=C\C/C=C(\CCCCC)[Si](C)(C)c1ccccc1. The number of hydrogen-bond acceptors (Lipinski definition) is 0. The van der Waals surface area contributed by atoms with Crippen LogP contribution < -0.4 is 5.19 Å². The maximum absolute atomic E-state index is 2.56. The van der Waals surface area contributed by atoms with Gasteiger partial charge in [-0.3, -0.25) is 0 Å². The van der Waals surface area contributed by atoms with Crippen LogP contribution in [0.2, 0.25) is 13.1 Å². The first-order valence-electron chi connectivity index (χ1n) is 11.0. The average molecular weight is 371 g/mol. The number of rotatable bonds is 14. The van der Waals surface area contributed by atoms with E-state index in [1.165, 1.54) is 64.2 Å². The number of hydrogen-bond donors (Lipinski definition) is 0. The second kappa shape index (κ2) is 14.0. The summed E-state index contributed by atoms with van der Waals surface area (Å²) in [4.78, 5) is 0. The highest BCUT2D eigenvalue weighted by Crippen LogP contribution is 2.22. The lowest BCUT2D eigenvalue weighted by molar-refractivity contribution is 0.637. The molecule has 146 valence electrons. The summed E-state index contributed by atoms with van der Waals surface area (Å²) in [5.74, 6) is 0. The lowest BCUT2D eigenvalue weighted by atomic mass is 10.1. The Hall–Kier alpha value is -1.08. The van der Waals surface area contributed by atoms with E-state index in [1.54, 1.807) is 10.4 Å². The van der Waals surface area contributed by atoms with E-state index in [2.05, 4.69) is 75.5 Å². The van der Waals surface area contributed by atoms with Gasteiger partial charge in [-0.25, -0.2) is 0 Å². The van der Waals surface area contributed by atoms with E-state index in [4.69, 9.17) is 0 Å². The van der Waals surface area contributed by atoms with Crippen LogP contribution in [0.3, 0.4) is 0 Å². The molecule has 0 unspecified atom stereocenters. The fourth-order valence-electron chi connectivity index (χ4n) is 3.57. The van der Waals surface area contributed by atoms with E-state index in [0.29, 0.717) is 0 Å². The van der Waals surface area contributed by atoms with Gasteiger partial charge in [0, 0.05) is 0 Å². The summed E-state index contributed by atoms with van der Waals surface area (Å²) in [7, 11) is -1.52. The van der Waals surface area contributed by atoms with Gasteiger partial charge in [0.05, 0.1) is 0 Å². The van der Waals surface area contributed by atoms with Crippen molar-refractivity contribution in [3.8, 4) is 0 Å². The van der Waals surface area contributed by atoms with Crippen molar-refractivity contribution in [2.45, 2.75) is 97.6 Å². The van der Waals surface area contributed by atoms with Crippen LogP contribution in [0.1, 0.15) is 84.5 Å². The molecule has 0 spiro atoms. The van der Waals surface area contributed by atoms with Crippen LogP contribution in [0, 0.1) is 0 Å². The second-order valence-electron chi connectivity index (χ2n) is 8.09. The third-order valence-corrected chi connectivity index (χ3v) is 9.33. The molecule has 0 amide bonds. The summed E-state index contributed by atoms with van der Waals surface area (Å²) in [5.41, 5.74) is 0. The minimum Gasteiger partial charge on any atom is -0.0882 e. The van der Waals surface area contributed by atoms with E-state index >= 15 is 0 Å². The summed E-state index contributed by atoms with van der Waals surface area (Å²) in [6.07, 6.45) is 21.9. The maximum Gasteiger partial charge on any atom is 0.107 e. The smallest absolute Gasteiger partial charge is 0.0882 e. The summed E-state index contributed by atoms with van der Waals surface area (Å²) in [5, 5.41) is 3.31. The summed E-state index contributed by atoms with van der Waals surface area (Å²) >= 11 is 0. The van der Waals surface area contributed by atoms with Gasteiger partial charge >= 0.3 is 0 Å². The number of benzene rings is 1. The van der Waals surface area contributed by atoms with Crippen LogP contribution in [0.5, 0.6) is 0 Å². The second-order valence-corrected chi connectivity index (χ2v) is 12.6. The largest absolute Gasteiger partial charge is 0.107 e. The number of allylic oxidation sites excluding steroid dienone is 4. The van der Waals surface area contributed by atoms with Gasteiger partial charge in [-0.2, -0.15) is 0 Å². The third kappa shape index (κ3) is 9.03. The van der Waals surface area contributed by atoms with Crippen molar-refractivity contribution in [1.29, 1.82) is 0 Å². The van der Waals surface area contributed by atoms with Gasteiger partial charge in [-0.1, -0.05) is 124 Å². The Kier molecular flexibility index (Phi) is 12.4. The molecule has 0 aliphatic carbocycles. The molecule has 0 saturated carbocycles. The molecule has 1 aromatic rings. The van der Waals surface area contributed by atoms with Crippen molar-refractivity contribution in [3.63, 3.8) is 0 Å². The fourth-order valence-corrected chi connectivity index (χ4v) is 6.39. The van der Waals surface area contributed by atoms with Crippen molar-refractivity contribution in [2.75, 3.05) is 0 Å². The first kappa shape index (κ1) is 23.0. The zero-order valence-electron chi connectivity index (χ0n) is 17.9. The first-order chi connectivity index (χ1) is 12.6. The molecule has 0 radical (unpaired) electrons. The lowest BCUT2D eigenvalue weighted by Crippen LogP contribution is -2.43. The molecule has 1 rings (SSSR count). The fraction of sp³-hybridized carbons (Fsp3) is 0.600. The molecule has 1 heteroatoms. The van der Waals surface area contributed by atoms with E-state index in [-0.39, 0.29) is 0 Å². The molecule has 0 saturated heterocycles. The highest BCUT2D eigenvalue weighted by molar-refractivity contribution is 6.95. The molecule has 0 bridgehead atoms. The zero-order valence-corrected chi connectivity index (χ0v) is 18.9. The molecule has 0 aliphatic rings. The molecule has 0 aliphatic heterocycles. The molecular formula is C25H42Si. The minimum absolute atomic E-state index is 1.11. The van der Waals surface area contributed by atoms with E-state index in [0.717, 1.165) is 6.42 Å². The molecule has 0 aromatic heterocycles. The minimum atomic E-state index is -1.52. The Morgan fingerprint density at radius 3 is 2.15 bits per heavy atom. The number of unbranched alkanes of at least 4 members (excludes halogenated alkanes) is 7. The van der Waals surface area contributed by atoms with Crippen LogP contribution in [0.4, 0.5) is 0 Å². The third-order valence-electron chi connectivity index (χ3n) is 5.49. The highest BCUT2D eigenvalue weighted by Gasteiger charge is 2.27. The molecule has 1 aromatic carbocycles. The van der Waals surface area contributed by atoms with Crippen molar-refractivity contribution in [2.24, 2.45) is 0 Å². The molecule has 0 atom stereocenters. The van der Waals surface area contributed by atoms with Crippen LogP contribution >= 0.6 is 0 Å². The summed E-state index contributed by atoms with van der Waals surface area (Å²) in [6.45, 7) is 9.63. The molecular weight excluding hydrogens is 328 g/mol. The van der Waals surface area contributed by atoms with Crippen LogP contribution in [-0.2, 0) is 0 Å². The van der Waals surface area contributed by atoms with Gasteiger partial charge in [-0.15, -0.1) is 0 Å². The van der Waals surface area contributed by atoms with Crippen molar-refractivity contribution >= 4 is 13.3 Å². The predicted octanol–water partition coefficient (Wildman–Crippen LogP) is 7.95. The van der Waals surface area contributed by atoms with E-state index in [9.17, 15) is 0 Å². The topological polar surface area (TPSA) is 0 Å². The van der Waals surface area contributed by atoms with Gasteiger partial charge in [0.2, 0.25) is 0 Å². The standard InChI is InChI=1S/C25H42Si/c1-5-7-9-10-11-12-13-14-17-21-24(20-16-8-6-2)26(3,4)25-22-18-15-19-23-25/h13-15,18-19,21-23H,5-12,16-17,20H2,1-4H3/b14-13-,24-21+. The van der Waals surface area contributed by atoms with Crippen molar-refractivity contribution < 1.29 is 0 Å². The molecule has 0 heterocycles. The van der Waals surface area contributed by atoms with Crippen LogP contribution in [0.25, 0.3) is 0 Å². The van der Waals surface area contributed by atoms with Crippen LogP contribution in [0.15, 0.2) is 53.8 Å². The normalized spacial score (nSPS) is 12.8. The van der Waals surface area contributed by atoms with Gasteiger partial charge in [0.25, 0.3) is 0 Å². The quantitative estimate of drug-likeness (QED) is 0.177. The Morgan fingerprint density at radius 1 is 0.808 bits per heavy atom. The summed E-state index contributed by atoms with van der Waals surface area (Å²) < 4.78 is 0. The summed E-state index contributed by atoms with van der Waals surface area (Å²) in [6, 6.07) is 11.2. The monoisotopic (exact) mass is 370 g/mol. The van der Waals surface area contributed by atoms with Crippen LogP contribution in [-0.4, -0.2) is 8.07 Å². The zero-order chi connectivity index (χ0) is 19.1. The Labute approximate surface area is 164 Å². The van der Waals surface area contributed by atoms with Gasteiger partial charge < -0.3 is 0 Å². The van der Waals surface area contributed by atoms with E-state index in [1.807, 2.05) is 0 Å². The van der Waals surface area contributed by atoms with Crippen molar-refractivity contribution in [3.05, 3.63) is 53.8 Å². The molecule has 26 heavy (non-hydrogen) atoms. The van der Waals surface area contributed by atoms with E-state index < -0.39 is 8.07 Å². The Morgan fingerprint density at radius 2 is 1.46 bits per heavy atom. The molecule has 0 nitrogen and oxygen atoms in total. The predicted molar refractivity (Wildman–Crippen MR) is 123 cm³/mol. The van der Waals surface area contributed by atoms with Gasteiger partial charge in [-0.05, 0) is 32.1 Å². The van der Waals surface area contributed by atoms with Gasteiger partial charge in [0.15, 0.2) is 0 Å². The average Bonchev–Trinajstić information content (AvgIpc) is 2.66. The first-order valence-corrected chi connectivity index (χ1v) is 14.0. The Balaban J connectivity index is 2.60. The van der Waals surface area contributed by atoms with Gasteiger partial charge in [0.1, 0.15) is 8.07 Å². The lowest BCUT2D eigenvalue weighted by Gasteiger charge is -2.27. The van der Waals surface area contributed by atoms with Crippen molar-refractivity contribution in [1.82, 2.24) is 0 Å².